The molecular formula is C22H28ClNO4. The Labute approximate surface area is 171 Å². The van der Waals surface area contributed by atoms with E-state index >= 15 is 0 Å². The molecule has 0 radical (unpaired) electrons. The number of aliphatic hydroxyl groups excluding tert-OH is 1. The first-order chi connectivity index (χ1) is 13.6. The molecule has 1 heterocycles. The Bertz CT molecular complexity index is 753. The highest BCUT2D eigenvalue weighted by Gasteiger charge is 2.29. The lowest BCUT2D eigenvalue weighted by atomic mass is 9.94. The largest absolute Gasteiger partial charge is 0.494 e. The van der Waals surface area contributed by atoms with Gasteiger partial charge in [-0.05, 0) is 48.2 Å². The van der Waals surface area contributed by atoms with Crippen LogP contribution in [0.3, 0.4) is 0 Å². The van der Waals surface area contributed by atoms with E-state index in [4.69, 9.17) is 25.9 Å². The molecule has 28 heavy (non-hydrogen) atoms. The Morgan fingerprint density at radius 2 is 1.96 bits per heavy atom. The Balaban J connectivity index is 1.73. The van der Waals surface area contributed by atoms with E-state index < -0.39 is 6.10 Å². The van der Waals surface area contributed by atoms with Gasteiger partial charge in [0.05, 0.1) is 32.0 Å². The molecule has 6 heteroatoms. The van der Waals surface area contributed by atoms with Gasteiger partial charge in [-0.25, -0.2) is 5.48 Å². The Kier molecular flexibility index (Phi) is 7.71. The zero-order chi connectivity index (χ0) is 19.9. The molecule has 0 saturated carbocycles. The van der Waals surface area contributed by atoms with Crippen LogP contribution in [0.15, 0.2) is 42.5 Å². The normalized spacial score (nSPS) is 22.2. The third kappa shape index (κ3) is 5.69. The molecule has 1 aliphatic rings. The molecule has 2 N–H and O–H groups in total. The molecule has 3 atom stereocenters. The van der Waals surface area contributed by atoms with E-state index in [0.717, 1.165) is 33.9 Å². The summed E-state index contributed by atoms with van der Waals surface area (Å²) in [5, 5.41) is 11.0. The van der Waals surface area contributed by atoms with Crippen molar-refractivity contribution in [2.45, 2.75) is 44.5 Å². The fourth-order valence-electron chi connectivity index (χ4n) is 3.53. The summed E-state index contributed by atoms with van der Waals surface area (Å²) in [5.74, 6) is 0.867. The smallest absolute Gasteiger partial charge is 0.119 e. The van der Waals surface area contributed by atoms with Crippen LogP contribution in [0.5, 0.6) is 5.75 Å². The Morgan fingerprint density at radius 1 is 1.18 bits per heavy atom. The van der Waals surface area contributed by atoms with Gasteiger partial charge in [0.15, 0.2) is 0 Å². The first-order valence-electron chi connectivity index (χ1n) is 9.68. The molecule has 152 valence electrons. The van der Waals surface area contributed by atoms with Crippen LogP contribution in [0.1, 0.15) is 42.6 Å². The van der Waals surface area contributed by atoms with Crippen LogP contribution in [0.25, 0.3) is 0 Å². The van der Waals surface area contributed by atoms with Gasteiger partial charge in [-0.15, -0.1) is 0 Å². The second-order valence-electron chi connectivity index (χ2n) is 7.03. The lowest BCUT2D eigenvalue weighted by molar-refractivity contribution is -0.107. The van der Waals surface area contributed by atoms with Crippen molar-refractivity contribution >= 4 is 11.6 Å². The highest BCUT2D eigenvalue weighted by molar-refractivity contribution is 6.31. The van der Waals surface area contributed by atoms with Crippen molar-refractivity contribution in [3.63, 3.8) is 0 Å². The monoisotopic (exact) mass is 405 g/mol. The highest BCUT2D eigenvalue weighted by atomic mass is 35.5. The van der Waals surface area contributed by atoms with E-state index in [2.05, 4.69) is 23.7 Å². The number of benzene rings is 2. The Hall–Kier alpha value is -1.63. The zero-order valence-electron chi connectivity index (χ0n) is 16.4. The van der Waals surface area contributed by atoms with Crippen molar-refractivity contribution in [2.75, 3.05) is 20.3 Å². The topological polar surface area (TPSA) is 60.0 Å². The van der Waals surface area contributed by atoms with E-state index in [1.54, 1.807) is 7.11 Å². The summed E-state index contributed by atoms with van der Waals surface area (Å²) in [6.45, 7) is 3.16. The molecule has 0 aromatic heterocycles. The van der Waals surface area contributed by atoms with Gasteiger partial charge in [-0.1, -0.05) is 35.9 Å². The molecule has 1 fully saturated rings. The first-order valence-corrected chi connectivity index (χ1v) is 10.1. The third-order valence-corrected chi connectivity index (χ3v) is 5.27. The summed E-state index contributed by atoms with van der Waals surface area (Å²) < 4.78 is 11.7. The van der Waals surface area contributed by atoms with Crippen LogP contribution in [0, 0.1) is 0 Å². The fourth-order valence-corrected chi connectivity index (χ4v) is 3.72. The number of rotatable bonds is 8. The fraction of sp³-hybridized carbons (Fsp3) is 0.455. The lowest BCUT2D eigenvalue weighted by Gasteiger charge is -2.33. The predicted octanol–water partition coefficient (Wildman–Crippen LogP) is 4.06. The minimum Gasteiger partial charge on any atom is -0.494 e. The summed E-state index contributed by atoms with van der Waals surface area (Å²) in [5.41, 5.74) is 6.05. The number of aliphatic hydroxyl groups is 1. The SMILES string of the molecule is CCOc1ccc(Cc2cc([C@H]3C[C@@H](O)C[C@@H](CNOC)O3)ccc2Cl)cc1. The van der Waals surface area contributed by atoms with Gasteiger partial charge in [0.1, 0.15) is 5.75 Å². The van der Waals surface area contributed by atoms with Crippen molar-refractivity contribution in [1.82, 2.24) is 5.48 Å². The summed E-state index contributed by atoms with van der Waals surface area (Å²) in [6, 6.07) is 14.0. The second kappa shape index (κ2) is 10.2. The van der Waals surface area contributed by atoms with Crippen molar-refractivity contribution in [2.24, 2.45) is 0 Å². The molecule has 0 amide bonds. The van der Waals surface area contributed by atoms with Gasteiger partial charge in [-0.3, -0.25) is 0 Å². The second-order valence-corrected chi connectivity index (χ2v) is 7.44. The molecular weight excluding hydrogens is 378 g/mol. The molecule has 2 aromatic carbocycles. The van der Waals surface area contributed by atoms with Crippen molar-refractivity contribution in [3.05, 3.63) is 64.2 Å². The standard InChI is InChI=1S/C22H28ClNO4/c1-3-27-19-7-4-15(5-8-19)10-17-11-16(6-9-21(17)23)22-13-18(25)12-20(28-22)14-24-26-2/h4-9,11,18,20,22,24-25H,3,10,12-14H2,1-2H3/t18-,20-,22+/m0/s1. The van der Waals surface area contributed by atoms with E-state index in [1.165, 1.54) is 0 Å². The molecule has 0 aliphatic carbocycles. The number of hydroxylamine groups is 1. The maximum absolute atomic E-state index is 10.3. The molecule has 3 rings (SSSR count). The third-order valence-electron chi connectivity index (χ3n) is 4.90. The molecule has 2 aromatic rings. The average molecular weight is 406 g/mol. The van der Waals surface area contributed by atoms with Crippen LogP contribution < -0.4 is 10.2 Å². The van der Waals surface area contributed by atoms with Crippen molar-refractivity contribution in [1.29, 1.82) is 0 Å². The molecule has 0 bridgehead atoms. The molecule has 0 unspecified atom stereocenters. The minimum atomic E-state index is -0.396. The molecule has 0 spiro atoms. The number of hydrogen-bond acceptors (Lipinski definition) is 5. The Morgan fingerprint density at radius 3 is 2.68 bits per heavy atom. The molecule has 5 nitrogen and oxygen atoms in total. The summed E-state index contributed by atoms with van der Waals surface area (Å²) in [7, 11) is 1.57. The summed E-state index contributed by atoms with van der Waals surface area (Å²) in [6.07, 6.45) is 1.24. The van der Waals surface area contributed by atoms with Crippen LogP contribution in [0.4, 0.5) is 0 Å². The highest BCUT2D eigenvalue weighted by Crippen LogP contribution is 2.33. The quantitative estimate of drug-likeness (QED) is 0.648. The van der Waals surface area contributed by atoms with E-state index in [1.807, 2.05) is 31.2 Å². The van der Waals surface area contributed by atoms with Crippen LogP contribution in [-0.4, -0.2) is 37.6 Å². The van der Waals surface area contributed by atoms with Crippen molar-refractivity contribution in [3.8, 4) is 5.75 Å². The summed E-state index contributed by atoms with van der Waals surface area (Å²) >= 11 is 6.45. The average Bonchev–Trinajstić information content (AvgIpc) is 2.69. The maximum atomic E-state index is 10.3. The van der Waals surface area contributed by atoms with E-state index in [9.17, 15) is 5.11 Å². The van der Waals surface area contributed by atoms with Crippen LogP contribution >= 0.6 is 11.6 Å². The van der Waals surface area contributed by atoms with Gasteiger partial charge >= 0.3 is 0 Å². The zero-order valence-corrected chi connectivity index (χ0v) is 17.1. The summed E-state index contributed by atoms with van der Waals surface area (Å²) in [4.78, 5) is 4.91. The molecule has 1 aliphatic heterocycles. The van der Waals surface area contributed by atoms with Gasteiger partial charge in [0.2, 0.25) is 0 Å². The number of halogens is 1. The first kappa shape index (κ1) is 21.1. The van der Waals surface area contributed by atoms with Gasteiger partial charge in [0.25, 0.3) is 0 Å². The molecule has 1 saturated heterocycles. The number of ether oxygens (including phenoxy) is 2. The lowest BCUT2D eigenvalue weighted by Crippen LogP contribution is -2.37. The number of hydrogen-bond donors (Lipinski definition) is 2. The van der Waals surface area contributed by atoms with Gasteiger partial charge in [0, 0.05) is 24.4 Å². The van der Waals surface area contributed by atoms with Crippen LogP contribution in [0.2, 0.25) is 5.02 Å². The van der Waals surface area contributed by atoms with Crippen molar-refractivity contribution < 1.29 is 19.4 Å². The minimum absolute atomic E-state index is 0.0982. The van der Waals surface area contributed by atoms with E-state index in [-0.39, 0.29) is 12.2 Å². The maximum Gasteiger partial charge on any atom is 0.119 e. The predicted molar refractivity (Wildman–Crippen MR) is 110 cm³/mol. The van der Waals surface area contributed by atoms with Gasteiger partial charge < -0.3 is 19.4 Å². The number of nitrogens with one attached hydrogen (secondary N) is 1. The van der Waals surface area contributed by atoms with Gasteiger partial charge in [-0.2, -0.15) is 0 Å². The van der Waals surface area contributed by atoms with Crippen LogP contribution in [-0.2, 0) is 16.0 Å². The van der Waals surface area contributed by atoms with E-state index in [0.29, 0.717) is 26.0 Å².